The second-order valence-electron chi connectivity index (χ2n) is 4.16. The molecule has 0 aliphatic rings. The van der Waals surface area contributed by atoms with E-state index in [0.717, 1.165) is 0 Å². The molecule has 0 aliphatic carbocycles. The molecule has 0 aliphatic heterocycles. The maximum Gasteiger partial charge on any atom is 0.256 e. The number of amides is 1. The number of nitrogens with one attached hydrogen (secondary N) is 1. The molecule has 0 bridgehead atoms. The topological polar surface area (TPSA) is 55.1 Å². The average Bonchev–Trinajstić information content (AvgIpc) is 2.47. The van der Waals surface area contributed by atoms with E-state index in [2.05, 4.69) is 17.2 Å². The van der Waals surface area contributed by atoms with Gasteiger partial charge in [-0.2, -0.15) is 0 Å². The summed E-state index contributed by atoms with van der Waals surface area (Å²) in [7, 11) is 0. The normalized spacial score (nSPS) is 9.67. The van der Waals surface area contributed by atoms with Crippen LogP contribution in [0.4, 0.5) is 14.5 Å². The first-order chi connectivity index (χ1) is 10.1. The summed E-state index contributed by atoms with van der Waals surface area (Å²) >= 11 is 0. The Morgan fingerprint density at radius 3 is 2.43 bits per heavy atom. The first kappa shape index (κ1) is 14.7. The highest BCUT2D eigenvalue weighted by Gasteiger charge is 2.11. The number of benzene rings is 2. The lowest BCUT2D eigenvalue weighted by Crippen LogP contribution is -2.13. The molecule has 106 valence electrons. The molecule has 0 fully saturated rings. The van der Waals surface area contributed by atoms with Crippen LogP contribution in [0.15, 0.2) is 42.5 Å². The van der Waals surface area contributed by atoms with Gasteiger partial charge < -0.3 is 11.1 Å². The third-order valence-electron chi connectivity index (χ3n) is 2.65. The van der Waals surface area contributed by atoms with Crippen molar-refractivity contribution in [3.05, 3.63) is 65.2 Å². The zero-order valence-electron chi connectivity index (χ0n) is 11.0. The van der Waals surface area contributed by atoms with Crippen molar-refractivity contribution < 1.29 is 13.6 Å². The molecule has 2 aromatic rings. The predicted octanol–water partition coefficient (Wildman–Crippen LogP) is 2.53. The third kappa shape index (κ3) is 3.88. The Balaban J connectivity index is 2.28. The molecule has 5 heteroatoms. The monoisotopic (exact) mass is 286 g/mol. The van der Waals surface area contributed by atoms with Crippen LogP contribution in [0.25, 0.3) is 0 Å². The van der Waals surface area contributed by atoms with Gasteiger partial charge in [-0.1, -0.05) is 11.8 Å². The lowest BCUT2D eigenvalue weighted by Gasteiger charge is -2.07. The molecule has 0 saturated heterocycles. The van der Waals surface area contributed by atoms with Crippen LogP contribution in [0.5, 0.6) is 0 Å². The minimum Gasteiger partial charge on any atom is -0.322 e. The highest BCUT2D eigenvalue weighted by Crippen LogP contribution is 2.14. The quantitative estimate of drug-likeness (QED) is 0.834. The van der Waals surface area contributed by atoms with Crippen molar-refractivity contribution in [2.24, 2.45) is 5.73 Å². The lowest BCUT2D eigenvalue weighted by molar-refractivity contribution is 0.102. The number of anilines is 1. The molecule has 0 unspecified atom stereocenters. The van der Waals surface area contributed by atoms with Crippen molar-refractivity contribution in [2.45, 2.75) is 0 Å². The molecule has 2 rings (SSSR count). The molecular formula is C16H12F2N2O. The summed E-state index contributed by atoms with van der Waals surface area (Å²) < 4.78 is 26.0. The number of halogens is 2. The van der Waals surface area contributed by atoms with Crippen molar-refractivity contribution in [1.29, 1.82) is 0 Å². The van der Waals surface area contributed by atoms with Crippen LogP contribution in [0.2, 0.25) is 0 Å². The molecule has 0 radical (unpaired) electrons. The van der Waals surface area contributed by atoms with Gasteiger partial charge in [-0.05, 0) is 42.5 Å². The van der Waals surface area contributed by atoms with E-state index in [9.17, 15) is 13.6 Å². The number of carbonyl (C=O) groups is 1. The minimum absolute atomic E-state index is 0.107. The van der Waals surface area contributed by atoms with Crippen molar-refractivity contribution in [3.8, 4) is 11.8 Å². The summed E-state index contributed by atoms with van der Waals surface area (Å²) in [5, 5.41) is 2.59. The van der Waals surface area contributed by atoms with Gasteiger partial charge in [0.05, 0.1) is 12.1 Å². The Kier molecular flexibility index (Phi) is 4.64. The summed E-state index contributed by atoms with van der Waals surface area (Å²) in [5.41, 5.74) is 6.18. The summed E-state index contributed by atoms with van der Waals surface area (Å²) in [4.78, 5) is 12.2. The maximum atomic E-state index is 13.2. The van der Waals surface area contributed by atoms with Crippen LogP contribution in [-0.4, -0.2) is 12.5 Å². The second kappa shape index (κ2) is 6.64. The predicted molar refractivity (Wildman–Crippen MR) is 76.7 cm³/mol. The van der Waals surface area contributed by atoms with Gasteiger partial charge in [0, 0.05) is 11.3 Å². The van der Waals surface area contributed by atoms with Gasteiger partial charge >= 0.3 is 0 Å². The van der Waals surface area contributed by atoms with Crippen LogP contribution < -0.4 is 11.1 Å². The summed E-state index contributed by atoms with van der Waals surface area (Å²) in [6.45, 7) is 0.107. The van der Waals surface area contributed by atoms with Crippen molar-refractivity contribution in [3.63, 3.8) is 0 Å². The van der Waals surface area contributed by atoms with Gasteiger partial charge in [0.2, 0.25) is 0 Å². The Morgan fingerprint density at radius 1 is 1.10 bits per heavy atom. The molecule has 0 saturated carbocycles. The molecule has 21 heavy (non-hydrogen) atoms. The fraction of sp³-hybridized carbons (Fsp3) is 0.0625. The minimum atomic E-state index is -0.491. The van der Waals surface area contributed by atoms with Gasteiger partial charge in [0.25, 0.3) is 5.91 Å². The van der Waals surface area contributed by atoms with Gasteiger partial charge in [-0.15, -0.1) is 0 Å². The van der Waals surface area contributed by atoms with E-state index in [1.165, 1.54) is 42.5 Å². The van der Waals surface area contributed by atoms with Gasteiger partial charge in [0.1, 0.15) is 11.6 Å². The Bertz CT molecular complexity index is 715. The van der Waals surface area contributed by atoms with Crippen LogP contribution >= 0.6 is 0 Å². The van der Waals surface area contributed by atoms with Crippen LogP contribution in [0.3, 0.4) is 0 Å². The zero-order valence-corrected chi connectivity index (χ0v) is 11.0. The number of carbonyl (C=O) groups excluding carboxylic acids is 1. The molecule has 2 aromatic carbocycles. The smallest absolute Gasteiger partial charge is 0.256 e. The van der Waals surface area contributed by atoms with Crippen LogP contribution in [0, 0.1) is 23.5 Å². The maximum absolute atomic E-state index is 13.2. The van der Waals surface area contributed by atoms with E-state index < -0.39 is 17.5 Å². The van der Waals surface area contributed by atoms with Gasteiger partial charge in [0.15, 0.2) is 0 Å². The Labute approximate surface area is 120 Å². The standard InChI is InChI=1S/C16H12F2N2O/c17-12-3-6-14(7-4-12)20-16(21)15-8-5-13(18)10-11(15)2-1-9-19/h3-8,10H,9,19H2,(H,20,21). The summed E-state index contributed by atoms with van der Waals surface area (Å²) in [6.07, 6.45) is 0. The van der Waals surface area contributed by atoms with Crippen molar-refractivity contribution >= 4 is 11.6 Å². The second-order valence-corrected chi connectivity index (χ2v) is 4.16. The summed E-state index contributed by atoms with van der Waals surface area (Å²) in [5.74, 6) is 3.89. The number of hydrogen-bond acceptors (Lipinski definition) is 2. The third-order valence-corrected chi connectivity index (χ3v) is 2.65. The molecule has 0 aromatic heterocycles. The number of hydrogen-bond donors (Lipinski definition) is 2. The van der Waals surface area contributed by atoms with E-state index in [4.69, 9.17) is 5.73 Å². The molecule has 0 atom stereocenters. The average molecular weight is 286 g/mol. The Morgan fingerprint density at radius 2 is 1.76 bits per heavy atom. The lowest BCUT2D eigenvalue weighted by atomic mass is 10.1. The molecule has 0 spiro atoms. The van der Waals surface area contributed by atoms with E-state index in [1.54, 1.807) is 0 Å². The van der Waals surface area contributed by atoms with Crippen LogP contribution in [0.1, 0.15) is 15.9 Å². The first-order valence-corrected chi connectivity index (χ1v) is 6.15. The molecule has 3 N–H and O–H groups in total. The van der Waals surface area contributed by atoms with Gasteiger partial charge in [-0.3, -0.25) is 4.79 Å². The highest BCUT2D eigenvalue weighted by atomic mass is 19.1. The van der Waals surface area contributed by atoms with Crippen molar-refractivity contribution in [1.82, 2.24) is 0 Å². The van der Waals surface area contributed by atoms with E-state index in [-0.39, 0.29) is 17.7 Å². The molecule has 1 amide bonds. The largest absolute Gasteiger partial charge is 0.322 e. The van der Waals surface area contributed by atoms with Crippen molar-refractivity contribution in [2.75, 3.05) is 11.9 Å². The molecule has 0 heterocycles. The zero-order chi connectivity index (χ0) is 15.2. The number of nitrogens with two attached hydrogens (primary N) is 1. The SMILES string of the molecule is NCC#Cc1cc(F)ccc1C(=O)Nc1ccc(F)cc1. The first-order valence-electron chi connectivity index (χ1n) is 6.15. The van der Waals surface area contributed by atoms with E-state index in [1.807, 2.05) is 0 Å². The molecular weight excluding hydrogens is 274 g/mol. The fourth-order valence-electron chi connectivity index (χ4n) is 1.70. The fourth-order valence-corrected chi connectivity index (χ4v) is 1.70. The van der Waals surface area contributed by atoms with E-state index >= 15 is 0 Å². The highest BCUT2D eigenvalue weighted by molar-refractivity contribution is 6.06. The Hall–Kier alpha value is -2.71. The molecule has 3 nitrogen and oxygen atoms in total. The van der Waals surface area contributed by atoms with E-state index in [0.29, 0.717) is 5.69 Å². The van der Waals surface area contributed by atoms with Crippen LogP contribution in [-0.2, 0) is 0 Å². The summed E-state index contributed by atoms with van der Waals surface area (Å²) in [6, 6.07) is 9.01. The van der Waals surface area contributed by atoms with Gasteiger partial charge in [-0.25, -0.2) is 8.78 Å². The number of rotatable bonds is 2.